The zero-order valence-corrected chi connectivity index (χ0v) is 18.7. The predicted molar refractivity (Wildman–Crippen MR) is 123 cm³/mol. The van der Waals surface area contributed by atoms with Gasteiger partial charge in [0, 0.05) is 55.4 Å². The van der Waals surface area contributed by atoms with E-state index < -0.39 is 4.92 Å². The van der Waals surface area contributed by atoms with Crippen LogP contribution in [0.15, 0.2) is 47.4 Å². The fourth-order valence-electron chi connectivity index (χ4n) is 3.38. The summed E-state index contributed by atoms with van der Waals surface area (Å²) in [4.78, 5) is 32.9. The van der Waals surface area contributed by atoms with Gasteiger partial charge in [0.25, 0.3) is 5.69 Å². The van der Waals surface area contributed by atoms with Crippen molar-refractivity contribution in [3.63, 3.8) is 0 Å². The lowest BCUT2D eigenvalue weighted by molar-refractivity contribution is -0.384. The highest BCUT2D eigenvalue weighted by Gasteiger charge is 2.23. The van der Waals surface area contributed by atoms with Gasteiger partial charge in [0.05, 0.1) is 22.2 Å². The van der Waals surface area contributed by atoms with E-state index in [4.69, 9.17) is 4.74 Å². The Morgan fingerprint density at radius 1 is 1.19 bits per heavy atom. The van der Waals surface area contributed by atoms with E-state index in [2.05, 4.69) is 9.88 Å². The number of anilines is 1. The molecule has 31 heavy (non-hydrogen) atoms. The first-order valence-electron chi connectivity index (χ1n) is 9.88. The molecule has 162 valence electrons. The number of nitrogens with zero attached hydrogens (tertiary/aromatic N) is 4. The van der Waals surface area contributed by atoms with Crippen LogP contribution in [-0.2, 0) is 4.79 Å². The number of carbonyl (C=O) groups excluding carboxylic acids is 1. The lowest BCUT2D eigenvalue weighted by Gasteiger charge is -2.34. The van der Waals surface area contributed by atoms with Gasteiger partial charge in [-0.15, -0.1) is 11.8 Å². The number of hydrogen-bond donors (Lipinski definition) is 0. The molecule has 1 saturated heterocycles. The zero-order chi connectivity index (χ0) is 21.8. The molecule has 1 aromatic heterocycles. The average Bonchev–Trinajstić information content (AvgIpc) is 3.23. The molecular weight excluding hydrogens is 436 g/mol. The third kappa shape index (κ3) is 5.08. The van der Waals surface area contributed by atoms with Crippen molar-refractivity contribution in [2.75, 3.05) is 43.9 Å². The first-order chi connectivity index (χ1) is 15.0. The summed E-state index contributed by atoms with van der Waals surface area (Å²) < 4.78 is 5.96. The van der Waals surface area contributed by atoms with Crippen LogP contribution in [0.25, 0.3) is 10.2 Å². The minimum Gasteiger partial charge on any atom is -0.497 e. The predicted octanol–water partition coefficient (Wildman–Crippen LogP) is 4.04. The van der Waals surface area contributed by atoms with E-state index in [9.17, 15) is 14.9 Å². The Hall–Kier alpha value is -2.85. The Morgan fingerprint density at radius 2 is 1.94 bits per heavy atom. The van der Waals surface area contributed by atoms with Crippen molar-refractivity contribution in [3.05, 3.63) is 52.6 Å². The van der Waals surface area contributed by atoms with E-state index >= 15 is 0 Å². The Bertz CT molecular complexity index is 1080. The van der Waals surface area contributed by atoms with Crippen molar-refractivity contribution >= 4 is 50.0 Å². The van der Waals surface area contributed by atoms with Crippen LogP contribution in [0.3, 0.4) is 0 Å². The monoisotopic (exact) mass is 458 g/mol. The number of ether oxygens (including phenoxy) is 1. The Kier molecular flexibility index (Phi) is 6.57. The molecule has 0 spiro atoms. The summed E-state index contributed by atoms with van der Waals surface area (Å²) in [6.07, 6.45) is 0.501. The average molecular weight is 459 g/mol. The summed E-state index contributed by atoms with van der Waals surface area (Å²) in [7, 11) is 1.64. The number of thioether (sulfide) groups is 1. The number of methoxy groups -OCH3 is 1. The normalized spacial score (nSPS) is 14.1. The van der Waals surface area contributed by atoms with Gasteiger partial charge in [-0.25, -0.2) is 4.98 Å². The van der Waals surface area contributed by atoms with Crippen molar-refractivity contribution in [2.45, 2.75) is 11.3 Å². The van der Waals surface area contributed by atoms with Gasteiger partial charge in [0.1, 0.15) is 5.75 Å². The number of hydrogen-bond acceptors (Lipinski definition) is 8. The van der Waals surface area contributed by atoms with E-state index in [-0.39, 0.29) is 11.6 Å². The van der Waals surface area contributed by atoms with Crippen LogP contribution in [0.4, 0.5) is 10.8 Å². The SMILES string of the molecule is COc1ccc(SCCC(=O)N2CCN(c3nc4ccc([N+](=O)[O-])cc4s3)CC2)cc1. The Morgan fingerprint density at radius 3 is 2.61 bits per heavy atom. The smallest absolute Gasteiger partial charge is 0.270 e. The molecule has 4 rings (SSSR count). The van der Waals surface area contributed by atoms with Gasteiger partial charge < -0.3 is 14.5 Å². The molecule has 1 amide bonds. The Balaban J connectivity index is 1.27. The zero-order valence-electron chi connectivity index (χ0n) is 17.0. The molecule has 0 unspecified atom stereocenters. The van der Waals surface area contributed by atoms with E-state index in [1.54, 1.807) is 31.0 Å². The van der Waals surface area contributed by atoms with Gasteiger partial charge in [0.15, 0.2) is 5.13 Å². The molecule has 0 N–H and O–H groups in total. The summed E-state index contributed by atoms with van der Waals surface area (Å²) in [6, 6.07) is 12.6. The number of non-ortho nitro benzene ring substituents is 1. The molecule has 0 radical (unpaired) electrons. The fourth-order valence-corrected chi connectivity index (χ4v) is 5.27. The van der Waals surface area contributed by atoms with Crippen molar-refractivity contribution in [1.29, 1.82) is 0 Å². The van der Waals surface area contributed by atoms with Crippen molar-refractivity contribution in [2.24, 2.45) is 0 Å². The molecule has 10 heteroatoms. The summed E-state index contributed by atoms with van der Waals surface area (Å²) in [5.74, 6) is 1.73. The van der Waals surface area contributed by atoms with Gasteiger partial charge in [-0.1, -0.05) is 11.3 Å². The summed E-state index contributed by atoms with van der Waals surface area (Å²) in [6.45, 7) is 2.72. The third-order valence-corrected chi connectivity index (χ3v) is 7.21. The molecule has 2 aromatic carbocycles. The van der Waals surface area contributed by atoms with Crippen molar-refractivity contribution < 1.29 is 14.5 Å². The van der Waals surface area contributed by atoms with Crippen LogP contribution in [0.2, 0.25) is 0 Å². The Labute approximate surface area is 188 Å². The lowest BCUT2D eigenvalue weighted by Crippen LogP contribution is -2.48. The molecule has 1 aliphatic heterocycles. The third-order valence-electron chi connectivity index (χ3n) is 5.12. The van der Waals surface area contributed by atoms with Gasteiger partial charge in [-0.05, 0) is 30.3 Å². The summed E-state index contributed by atoms with van der Waals surface area (Å²) in [5, 5.41) is 11.8. The maximum absolute atomic E-state index is 12.6. The van der Waals surface area contributed by atoms with Gasteiger partial charge in [-0.2, -0.15) is 0 Å². The summed E-state index contributed by atoms with van der Waals surface area (Å²) >= 11 is 3.12. The minimum atomic E-state index is -0.393. The van der Waals surface area contributed by atoms with E-state index in [0.717, 1.165) is 31.7 Å². The van der Waals surface area contributed by atoms with Crippen LogP contribution < -0.4 is 9.64 Å². The second kappa shape index (κ2) is 9.52. The van der Waals surface area contributed by atoms with Crippen LogP contribution in [-0.4, -0.2) is 59.8 Å². The maximum Gasteiger partial charge on any atom is 0.270 e. The van der Waals surface area contributed by atoms with Crippen LogP contribution >= 0.6 is 23.1 Å². The standard InChI is InChI=1S/C21H22N4O4S2/c1-29-16-3-5-17(6-4-16)30-13-8-20(26)23-9-11-24(12-10-23)21-22-18-7-2-15(25(27)28)14-19(18)31-21/h2-7,14H,8-13H2,1H3. The number of thiazole rings is 1. The fraction of sp³-hybridized carbons (Fsp3) is 0.333. The largest absolute Gasteiger partial charge is 0.497 e. The second-order valence-electron chi connectivity index (χ2n) is 7.05. The molecule has 0 aliphatic carbocycles. The number of nitro groups is 1. The molecular formula is C21H22N4O4S2. The molecule has 8 nitrogen and oxygen atoms in total. The highest BCUT2D eigenvalue weighted by molar-refractivity contribution is 7.99. The number of amides is 1. The topological polar surface area (TPSA) is 88.8 Å². The lowest BCUT2D eigenvalue weighted by atomic mass is 10.3. The van der Waals surface area contributed by atoms with Crippen LogP contribution in [0.1, 0.15) is 6.42 Å². The summed E-state index contributed by atoms with van der Waals surface area (Å²) in [5.41, 5.74) is 0.838. The second-order valence-corrected chi connectivity index (χ2v) is 9.22. The number of rotatable bonds is 7. The van der Waals surface area contributed by atoms with Gasteiger partial charge in [0.2, 0.25) is 5.91 Å². The molecule has 0 atom stereocenters. The number of piperazine rings is 1. The quantitative estimate of drug-likeness (QED) is 0.300. The molecule has 2 heterocycles. The van der Waals surface area contributed by atoms with Crippen LogP contribution in [0.5, 0.6) is 5.75 Å². The van der Waals surface area contributed by atoms with Crippen LogP contribution in [0, 0.1) is 10.1 Å². The van der Waals surface area contributed by atoms with Crippen molar-refractivity contribution in [1.82, 2.24) is 9.88 Å². The molecule has 0 bridgehead atoms. The molecule has 1 fully saturated rings. The number of benzene rings is 2. The first kappa shape index (κ1) is 21.4. The van der Waals surface area contributed by atoms with E-state index in [0.29, 0.717) is 32.6 Å². The molecule has 1 aliphatic rings. The van der Waals surface area contributed by atoms with Gasteiger partial charge in [-0.3, -0.25) is 14.9 Å². The number of carbonyl (C=O) groups is 1. The van der Waals surface area contributed by atoms with E-state index in [1.807, 2.05) is 29.2 Å². The first-order valence-corrected chi connectivity index (χ1v) is 11.7. The van der Waals surface area contributed by atoms with Gasteiger partial charge >= 0.3 is 0 Å². The van der Waals surface area contributed by atoms with Crippen molar-refractivity contribution in [3.8, 4) is 5.75 Å². The molecule has 0 saturated carbocycles. The number of aromatic nitrogens is 1. The maximum atomic E-state index is 12.6. The van der Waals surface area contributed by atoms with E-state index in [1.165, 1.54) is 17.4 Å². The number of nitro benzene ring substituents is 1. The number of fused-ring (bicyclic) bond motifs is 1. The highest BCUT2D eigenvalue weighted by atomic mass is 32.2. The molecule has 3 aromatic rings. The minimum absolute atomic E-state index is 0.0747. The highest BCUT2D eigenvalue weighted by Crippen LogP contribution is 2.32.